The third-order valence-corrected chi connectivity index (χ3v) is 5.48. The van der Waals surface area contributed by atoms with Gasteiger partial charge < -0.3 is 9.64 Å². The molecule has 0 saturated carbocycles. The predicted molar refractivity (Wildman–Crippen MR) is 88.8 cm³/mol. The van der Waals surface area contributed by atoms with Crippen molar-refractivity contribution >= 4 is 17.2 Å². The lowest BCUT2D eigenvalue weighted by molar-refractivity contribution is -0.00279. The minimum atomic E-state index is -0.0860. The number of hydrogen-bond donors (Lipinski definition) is 0. The van der Waals surface area contributed by atoms with Crippen molar-refractivity contribution in [3.8, 4) is 0 Å². The van der Waals surface area contributed by atoms with Gasteiger partial charge in [0.15, 0.2) is 0 Å². The summed E-state index contributed by atoms with van der Waals surface area (Å²) in [5, 5.41) is 5.48. The monoisotopic (exact) mass is 334 g/mol. The molecule has 124 valence electrons. The van der Waals surface area contributed by atoms with Crippen molar-refractivity contribution < 1.29 is 9.53 Å². The number of carbonyl (C=O) groups excluding carboxylic acids is 1. The van der Waals surface area contributed by atoms with Gasteiger partial charge >= 0.3 is 0 Å². The molecule has 3 heterocycles. The van der Waals surface area contributed by atoms with Gasteiger partial charge in [0.1, 0.15) is 4.88 Å². The van der Waals surface area contributed by atoms with E-state index < -0.39 is 0 Å². The lowest BCUT2D eigenvalue weighted by Crippen LogP contribution is -2.43. The summed E-state index contributed by atoms with van der Waals surface area (Å²) in [4.78, 5) is 19.9. The zero-order valence-electron chi connectivity index (χ0n) is 14.0. The highest BCUT2D eigenvalue weighted by Gasteiger charge is 2.33. The molecule has 1 atom stereocenters. The first-order valence-corrected chi connectivity index (χ1v) is 8.68. The molecular formula is C16H22N4O2S. The third kappa shape index (κ3) is 2.90. The topological polar surface area (TPSA) is 60.3 Å². The van der Waals surface area contributed by atoms with Crippen molar-refractivity contribution in [1.29, 1.82) is 0 Å². The molecule has 3 rings (SSSR count). The van der Waals surface area contributed by atoms with Gasteiger partial charge in [-0.25, -0.2) is 4.98 Å². The van der Waals surface area contributed by atoms with Crippen LogP contribution in [0.15, 0.2) is 6.20 Å². The lowest BCUT2D eigenvalue weighted by Gasteiger charge is -2.35. The summed E-state index contributed by atoms with van der Waals surface area (Å²) in [5.41, 5.74) is 3.13. The minimum absolute atomic E-state index is 0.0400. The van der Waals surface area contributed by atoms with E-state index in [0.29, 0.717) is 24.6 Å². The van der Waals surface area contributed by atoms with Crippen LogP contribution in [0.2, 0.25) is 0 Å². The van der Waals surface area contributed by atoms with Crippen LogP contribution in [0.3, 0.4) is 0 Å². The predicted octanol–water partition coefficient (Wildman–Crippen LogP) is 2.27. The van der Waals surface area contributed by atoms with Crippen LogP contribution >= 0.6 is 11.3 Å². The van der Waals surface area contributed by atoms with Crippen LogP contribution in [-0.4, -0.2) is 45.3 Å². The molecule has 0 N–H and O–H groups in total. The SMILES string of the molecule is CCc1ncc(C(=O)N2CCOC[C@@H]2c2c(C)nn(C)c2C)s1. The van der Waals surface area contributed by atoms with Crippen LogP contribution in [0.5, 0.6) is 0 Å². The number of aromatic nitrogens is 3. The van der Waals surface area contributed by atoms with Crippen LogP contribution in [0, 0.1) is 13.8 Å². The van der Waals surface area contributed by atoms with E-state index in [0.717, 1.165) is 28.4 Å². The zero-order chi connectivity index (χ0) is 16.6. The van der Waals surface area contributed by atoms with E-state index in [9.17, 15) is 4.79 Å². The Morgan fingerprint density at radius 1 is 1.48 bits per heavy atom. The van der Waals surface area contributed by atoms with Crippen molar-refractivity contribution in [3.63, 3.8) is 0 Å². The fraction of sp³-hybridized carbons (Fsp3) is 0.562. The van der Waals surface area contributed by atoms with Crippen molar-refractivity contribution in [1.82, 2.24) is 19.7 Å². The molecule has 0 aliphatic carbocycles. The fourth-order valence-electron chi connectivity index (χ4n) is 3.07. The van der Waals surface area contributed by atoms with Crippen molar-refractivity contribution in [2.24, 2.45) is 7.05 Å². The smallest absolute Gasteiger partial charge is 0.266 e. The highest BCUT2D eigenvalue weighted by Crippen LogP contribution is 2.31. The number of amides is 1. The maximum absolute atomic E-state index is 13.0. The molecule has 6 nitrogen and oxygen atoms in total. The molecule has 7 heteroatoms. The van der Waals surface area contributed by atoms with Crippen LogP contribution in [0.25, 0.3) is 0 Å². The number of rotatable bonds is 3. The average Bonchev–Trinajstić information content (AvgIpc) is 3.12. The van der Waals surface area contributed by atoms with E-state index >= 15 is 0 Å². The summed E-state index contributed by atoms with van der Waals surface area (Å²) in [6.45, 7) is 7.75. The molecule has 2 aromatic rings. The lowest BCUT2D eigenvalue weighted by atomic mass is 10.0. The maximum Gasteiger partial charge on any atom is 0.266 e. The summed E-state index contributed by atoms with van der Waals surface area (Å²) in [5.74, 6) is 0.0400. The first-order valence-electron chi connectivity index (χ1n) is 7.86. The van der Waals surface area contributed by atoms with Crippen molar-refractivity contribution in [2.75, 3.05) is 19.8 Å². The number of carbonyl (C=O) groups is 1. The molecule has 2 aromatic heterocycles. The van der Waals surface area contributed by atoms with Crippen LogP contribution in [-0.2, 0) is 18.2 Å². The van der Waals surface area contributed by atoms with Gasteiger partial charge in [0.2, 0.25) is 0 Å². The second-order valence-corrected chi connectivity index (χ2v) is 6.88. The molecule has 0 unspecified atom stereocenters. The normalized spacial score (nSPS) is 18.4. The molecule has 0 radical (unpaired) electrons. The van der Waals surface area contributed by atoms with E-state index in [-0.39, 0.29) is 11.9 Å². The van der Waals surface area contributed by atoms with E-state index in [2.05, 4.69) is 10.1 Å². The Bertz CT molecular complexity index is 722. The van der Waals surface area contributed by atoms with E-state index in [1.54, 1.807) is 6.20 Å². The first-order chi connectivity index (χ1) is 11.0. The number of thiazole rings is 1. The van der Waals surface area contributed by atoms with Crippen molar-refractivity contribution in [3.05, 3.63) is 33.0 Å². The van der Waals surface area contributed by atoms with Gasteiger partial charge in [-0.05, 0) is 20.3 Å². The van der Waals surface area contributed by atoms with Crippen LogP contribution in [0.1, 0.15) is 44.6 Å². The van der Waals surface area contributed by atoms with Gasteiger partial charge in [0.25, 0.3) is 5.91 Å². The van der Waals surface area contributed by atoms with Gasteiger partial charge in [0.05, 0.1) is 36.2 Å². The summed E-state index contributed by atoms with van der Waals surface area (Å²) < 4.78 is 7.52. The Balaban J connectivity index is 1.94. The van der Waals surface area contributed by atoms with Crippen LogP contribution in [0.4, 0.5) is 0 Å². The Kier molecular flexibility index (Phi) is 4.50. The third-order valence-electron chi connectivity index (χ3n) is 4.35. The Morgan fingerprint density at radius 3 is 2.87 bits per heavy atom. The minimum Gasteiger partial charge on any atom is -0.377 e. The Labute approximate surface area is 140 Å². The standard InChI is InChI=1S/C16H22N4O2S/c1-5-14-17-8-13(23-14)16(21)20-6-7-22-9-12(20)15-10(2)18-19(4)11(15)3/h8,12H,5-7,9H2,1-4H3/t12-/m1/s1. The van der Waals surface area contributed by atoms with Gasteiger partial charge in [-0.1, -0.05) is 6.92 Å². The fourth-order valence-corrected chi connectivity index (χ4v) is 3.89. The highest BCUT2D eigenvalue weighted by molar-refractivity contribution is 7.13. The summed E-state index contributed by atoms with van der Waals surface area (Å²) >= 11 is 1.48. The molecule has 23 heavy (non-hydrogen) atoms. The highest BCUT2D eigenvalue weighted by atomic mass is 32.1. The molecule has 1 aliphatic rings. The van der Waals surface area contributed by atoms with Gasteiger partial charge in [-0.2, -0.15) is 5.10 Å². The molecule has 1 saturated heterocycles. The second kappa shape index (κ2) is 6.41. The van der Waals surface area contributed by atoms with E-state index in [4.69, 9.17) is 4.74 Å². The molecule has 1 aliphatic heterocycles. The molecule has 0 aromatic carbocycles. The quantitative estimate of drug-likeness (QED) is 0.864. The van der Waals surface area contributed by atoms with Crippen molar-refractivity contribution in [2.45, 2.75) is 33.2 Å². The molecule has 1 fully saturated rings. The summed E-state index contributed by atoms with van der Waals surface area (Å²) in [6.07, 6.45) is 2.55. The summed E-state index contributed by atoms with van der Waals surface area (Å²) in [6, 6.07) is -0.0860. The molecule has 0 spiro atoms. The molecule has 1 amide bonds. The zero-order valence-corrected chi connectivity index (χ0v) is 14.8. The Morgan fingerprint density at radius 2 is 2.26 bits per heavy atom. The number of nitrogens with zero attached hydrogens (tertiary/aromatic N) is 4. The average molecular weight is 334 g/mol. The number of ether oxygens (including phenoxy) is 1. The number of aryl methyl sites for hydroxylation is 3. The second-order valence-electron chi connectivity index (χ2n) is 5.77. The van der Waals surface area contributed by atoms with E-state index in [1.807, 2.05) is 37.4 Å². The van der Waals surface area contributed by atoms with Crippen LogP contribution < -0.4 is 0 Å². The van der Waals surface area contributed by atoms with E-state index in [1.165, 1.54) is 11.3 Å². The first kappa shape index (κ1) is 16.1. The molecule has 0 bridgehead atoms. The van der Waals surface area contributed by atoms with Gasteiger partial charge in [0, 0.05) is 24.8 Å². The van der Waals surface area contributed by atoms with Gasteiger partial charge in [-0.15, -0.1) is 11.3 Å². The number of hydrogen-bond acceptors (Lipinski definition) is 5. The largest absolute Gasteiger partial charge is 0.377 e. The summed E-state index contributed by atoms with van der Waals surface area (Å²) in [7, 11) is 1.93. The van der Waals surface area contributed by atoms with Gasteiger partial charge in [-0.3, -0.25) is 9.48 Å². The number of morpholine rings is 1. The Hall–Kier alpha value is -1.73. The maximum atomic E-state index is 13.0. The molecular weight excluding hydrogens is 312 g/mol.